The number of carboxylic acid groups (broad SMARTS) is 1. The minimum absolute atomic E-state index is 0.612. The van der Waals surface area contributed by atoms with E-state index in [4.69, 9.17) is 15.7 Å². The van der Waals surface area contributed by atoms with Gasteiger partial charge in [-0.2, -0.15) is 5.11 Å². The summed E-state index contributed by atoms with van der Waals surface area (Å²) in [5, 5.41) is 18.7. The highest BCUT2D eigenvalue weighted by molar-refractivity contribution is 5.73. The van der Waals surface area contributed by atoms with E-state index in [1.54, 1.807) is 0 Å². The molecule has 0 aliphatic rings. The molecule has 3 N–H and O–H groups in total. The van der Waals surface area contributed by atoms with Gasteiger partial charge in [-0.05, 0) is 0 Å². The fourth-order valence-corrected chi connectivity index (χ4v) is 0.174. The fourth-order valence-electron chi connectivity index (χ4n) is 0.174. The maximum Gasteiger partial charge on any atom is 0.332 e. The molecule has 0 unspecified atom stereocenters. The van der Waals surface area contributed by atoms with Crippen molar-refractivity contribution in [3.05, 3.63) is 0 Å². The lowest BCUT2D eigenvalue weighted by molar-refractivity contribution is -0.139. The van der Waals surface area contributed by atoms with Gasteiger partial charge in [0.05, 0.1) is 6.61 Å². The van der Waals surface area contributed by atoms with Crippen molar-refractivity contribution >= 4 is 5.97 Å². The molecule has 0 aliphatic heterocycles. The lowest BCUT2D eigenvalue weighted by Gasteiger charge is -1.96. The van der Waals surface area contributed by atoms with E-state index in [1.807, 2.05) is 0 Å². The van der Waals surface area contributed by atoms with Gasteiger partial charge in [0, 0.05) is 0 Å². The van der Waals surface area contributed by atoms with Crippen LogP contribution in [0.2, 0.25) is 0 Å². The minimum Gasteiger partial charge on any atom is -0.480 e. The second kappa shape index (κ2) is 3.09. The van der Waals surface area contributed by atoms with Gasteiger partial charge in [-0.15, -0.1) is 0 Å². The van der Waals surface area contributed by atoms with Crippen LogP contribution in [0, 0.1) is 5.53 Å². The molecule has 8 heavy (non-hydrogen) atoms. The van der Waals surface area contributed by atoms with Gasteiger partial charge in [-0.3, -0.25) is 0 Å². The Balaban J connectivity index is 3.69. The SMILES string of the molecule is N=N[C@@H](CO)C(=O)O. The molecule has 5 heteroatoms. The molecule has 1 atom stereocenters. The van der Waals surface area contributed by atoms with Gasteiger partial charge >= 0.3 is 5.97 Å². The highest BCUT2D eigenvalue weighted by Gasteiger charge is 2.12. The van der Waals surface area contributed by atoms with Crippen LogP contribution in [0.3, 0.4) is 0 Å². The first kappa shape index (κ1) is 7.03. The third kappa shape index (κ3) is 1.65. The molecule has 46 valence electrons. The van der Waals surface area contributed by atoms with Crippen LogP contribution < -0.4 is 0 Å². The zero-order chi connectivity index (χ0) is 6.57. The van der Waals surface area contributed by atoms with Crippen molar-refractivity contribution in [3.63, 3.8) is 0 Å². The van der Waals surface area contributed by atoms with Crippen LogP contribution in [-0.2, 0) is 4.79 Å². The number of nitrogens with one attached hydrogen (secondary N) is 1. The first-order valence-electron chi connectivity index (χ1n) is 1.92. The maximum absolute atomic E-state index is 9.79. The van der Waals surface area contributed by atoms with Gasteiger partial charge in [0.15, 0.2) is 6.04 Å². The molecule has 0 bridgehead atoms. The van der Waals surface area contributed by atoms with E-state index in [9.17, 15) is 4.79 Å². The average molecular weight is 118 g/mol. The molecule has 0 aliphatic carbocycles. The number of hydrogen-bond donors (Lipinski definition) is 3. The van der Waals surface area contributed by atoms with E-state index < -0.39 is 18.6 Å². The first-order chi connectivity index (χ1) is 3.72. The molecule has 0 saturated heterocycles. The molecule has 0 rings (SSSR count). The lowest BCUT2D eigenvalue weighted by atomic mass is 10.3. The Hall–Kier alpha value is -0.970. The number of carbonyl (C=O) groups is 1. The van der Waals surface area contributed by atoms with Gasteiger partial charge in [-0.1, -0.05) is 0 Å². The van der Waals surface area contributed by atoms with Gasteiger partial charge in [0.1, 0.15) is 0 Å². The van der Waals surface area contributed by atoms with Crippen molar-refractivity contribution in [1.82, 2.24) is 0 Å². The zero-order valence-electron chi connectivity index (χ0n) is 4.03. The zero-order valence-corrected chi connectivity index (χ0v) is 4.03. The maximum atomic E-state index is 9.79. The molecule has 5 nitrogen and oxygen atoms in total. The summed E-state index contributed by atoms with van der Waals surface area (Å²) in [6.07, 6.45) is 0. The molecule has 0 heterocycles. The Morgan fingerprint density at radius 3 is 2.38 bits per heavy atom. The number of carboxylic acids is 1. The summed E-state index contributed by atoms with van der Waals surface area (Å²) in [6, 6.07) is -1.28. The van der Waals surface area contributed by atoms with E-state index in [1.165, 1.54) is 0 Å². The first-order valence-corrected chi connectivity index (χ1v) is 1.92. The van der Waals surface area contributed by atoms with Crippen LogP contribution in [-0.4, -0.2) is 28.8 Å². The van der Waals surface area contributed by atoms with Crippen molar-refractivity contribution in [2.75, 3.05) is 6.61 Å². The Bertz CT molecular complexity index is 103. The van der Waals surface area contributed by atoms with Crippen LogP contribution in [0.15, 0.2) is 5.11 Å². The molecule has 0 spiro atoms. The van der Waals surface area contributed by atoms with Crippen LogP contribution in [0.4, 0.5) is 0 Å². The van der Waals surface area contributed by atoms with Gasteiger partial charge in [-0.25, -0.2) is 10.3 Å². The van der Waals surface area contributed by atoms with E-state index in [0.29, 0.717) is 0 Å². The second-order valence-corrected chi connectivity index (χ2v) is 1.17. The fraction of sp³-hybridized carbons (Fsp3) is 0.667. The average Bonchev–Trinajstić information content (AvgIpc) is 1.69. The van der Waals surface area contributed by atoms with E-state index in [-0.39, 0.29) is 0 Å². The van der Waals surface area contributed by atoms with Crippen LogP contribution >= 0.6 is 0 Å². The van der Waals surface area contributed by atoms with Crippen molar-refractivity contribution in [2.24, 2.45) is 5.11 Å². The van der Waals surface area contributed by atoms with Gasteiger partial charge in [0.25, 0.3) is 0 Å². The molecule has 0 aromatic rings. The number of hydrogen-bond acceptors (Lipinski definition) is 4. The van der Waals surface area contributed by atoms with Crippen LogP contribution in [0.5, 0.6) is 0 Å². The Labute approximate surface area is 45.5 Å². The monoisotopic (exact) mass is 118 g/mol. The number of nitrogens with zero attached hydrogens (tertiary/aromatic N) is 1. The largest absolute Gasteiger partial charge is 0.480 e. The lowest BCUT2D eigenvalue weighted by Crippen LogP contribution is -2.20. The molecule has 0 aromatic heterocycles. The Morgan fingerprint density at radius 1 is 1.88 bits per heavy atom. The van der Waals surface area contributed by atoms with Crippen molar-refractivity contribution < 1.29 is 15.0 Å². The van der Waals surface area contributed by atoms with E-state index in [2.05, 4.69) is 5.11 Å². The summed E-state index contributed by atoms with van der Waals surface area (Å²) in [7, 11) is 0. The molecule has 0 amide bonds. The van der Waals surface area contributed by atoms with Crippen molar-refractivity contribution in [1.29, 1.82) is 5.53 Å². The highest BCUT2D eigenvalue weighted by Crippen LogP contribution is 1.86. The summed E-state index contributed by atoms with van der Waals surface area (Å²) in [5.41, 5.74) is 6.17. The molecule has 0 radical (unpaired) electrons. The molecular weight excluding hydrogens is 112 g/mol. The molecule has 0 aromatic carbocycles. The van der Waals surface area contributed by atoms with Crippen molar-refractivity contribution in [2.45, 2.75) is 6.04 Å². The summed E-state index contributed by atoms with van der Waals surface area (Å²) < 4.78 is 0. The van der Waals surface area contributed by atoms with Gasteiger partial charge < -0.3 is 10.2 Å². The van der Waals surface area contributed by atoms with Gasteiger partial charge in [0.2, 0.25) is 0 Å². The topological polar surface area (TPSA) is 93.7 Å². The number of rotatable bonds is 3. The predicted molar refractivity (Wildman–Crippen MR) is 23.7 cm³/mol. The minimum atomic E-state index is -1.28. The van der Waals surface area contributed by atoms with E-state index >= 15 is 0 Å². The van der Waals surface area contributed by atoms with Crippen molar-refractivity contribution in [3.8, 4) is 0 Å². The molecule has 0 fully saturated rings. The number of aliphatic carboxylic acids is 1. The standard InChI is InChI=1S/C3H6N2O3/c4-5-2(1-6)3(7)8/h2,4,6H,1H2,(H,7,8)/t2-/m0/s1. The number of aliphatic hydroxyl groups is 1. The predicted octanol–water partition coefficient (Wildman–Crippen LogP) is -0.537. The quantitative estimate of drug-likeness (QED) is 0.434. The number of aliphatic hydroxyl groups excluding tert-OH is 1. The third-order valence-corrected chi connectivity index (χ3v) is 0.614. The highest BCUT2D eigenvalue weighted by atomic mass is 16.4. The third-order valence-electron chi connectivity index (χ3n) is 0.614. The summed E-state index contributed by atoms with van der Waals surface area (Å²) in [5.74, 6) is -1.28. The Morgan fingerprint density at radius 2 is 2.38 bits per heavy atom. The summed E-state index contributed by atoms with van der Waals surface area (Å²) in [4.78, 5) is 9.79. The molecular formula is C3H6N2O3. The summed E-state index contributed by atoms with van der Waals surface area (Å²) >= 11 is 0. The second-order valence-electron chi connectivity index (χ2n) is 1.17. The molecule has 0 saturated carbocycles. The summed E-state index contributed by atoms with van der Waals surface area (Å²) in [6.45, 7) is -0.612. The Kier molecular flexibility index (Phi) is 2.71. The van der Waals surface area contributed by atoms with E-state index in [0.717, 1.165) is 0 Å². The van der Waals surface area contributed by atoms with Crippen LogP contribution in [0.25, 0.3) is 0 Å². The normalized spacial score (nSPS) is 12.6. The smallest absolute Gasteiger partial charge is 0.332 e. The van der Waals surface area contributed by atoms with Crippen LogP contribution in [0.1, 0.15) is 0 Å².